The largest absolute Gasteiger partial charge is 0.398 e. The molecule has 1 saturated carbocycles. The van der Waals surface area contributed by atoms with Crippen molar-refractivity contribution in [3.05, 3.63) is 23.8 Å². The molecule has 3 heteroatoms. The van der Waals surface area contributed by atoms with Crippen LogP contribution in [0.5, 0.6) is 0 Å². The zero-order chi connectivity index (χ0) is 14.4. The molecule has 20 heavy (non-hydrogen) atoms. The molecule has 1 aromatic carbocycles. The molecular weight excluding hydrogens is 246 g/mol. The lowest BCUT2D eigenvalue weighted by Crippen LogP contribution is -2.15. The molecule has 1 aliphatic carbocycles. The summed E-state index contributed by atoms with van der Waals surface area (Å²) in [6.45, 7) is 3.37. The topological polar surface area (TPSA) is 61.8 Å². The molecule has 1 fully saturated rings. The average molecular weight is 271 g/mol. The Balaban J connectivity index is 1.79. The Hall–Kier alpha value is -1.69. The molecule has 0 amide bonds. The summed E-state index contributed by atoms with van der Waals surface area (Å²) in [4.78, 5) is 0. The number of hydrogen-bond donors (Lipinski definition) is 2. The number of benzene rings is 1. The van der Waals surface area contributed by atoms with Gasteiger partial charge < -0.3 is 11.1 Å². The van der Waals surface area contributed by atoms with Crippen molar-refractivity contribution < 1.29 is 0 Å². The van der Waals surface area contributed by atoms with Gasteiger partial charge in [-0.15, -0.1) is 0 Å². The van der Waals surface area contributed by atoms with Gasteiger partial charge >= 0.3 is 0 Å². The Morgan fingerprint density at radius 3 is 2.75 bits per heavy atom. The van der Waals surface area contributed by atoms with Crippen LogP contribution in [0.25, 0.3) is 0 Å². The smallest absolute Gasteiger partial charge is 0.0670 e. The van der Waals surface area contributed by atoms with E-state index in [2.05, 4.69) is 18.3 Å². The Morgan fingerprint density at radius 1 is 1.30 bits per heavy atom. The molecule has 108 valence electrons. The van der Waals surface area contributed by atoms with Gasteiger partial charge in [-0.05, 0) is 42.0 Å². The molecule has 3 N–H and O–H groups in total. The van der Waals surface area contributed by atoms with E-state index in [-0.39, 0.29) is 0 Å². The third-order valence-electron chi connectivity index (χ3n) is 4.43. The molecule has 2 rings (SSSR count). The van der Waals surface area contributed by atoms with E-state index in [1.165, 1.54) is 32.1 Å². The first-order valence-electron chi connectivity index (χ1n) is 7.68. The summed E-state index contributed by atoms with van der Waals surface area (Å²) in [5.41, 5.74) is 8.56. The van der Waals surface area contributed by atoms with Gasteiger partial charge in [0.25, 0.3) is 0 Å². The van der Waals surface area contributed by atoms with Crippen LogP contribution in [-0.2, 0) is 6.42 Å². The van der Waals surface area contributed by atoms with Crippen LogP contribution in [0, 0.1) is 23.2 Å². The number of rotatable bonds is 5. The SMILES string of the molecule is CC1CCC(CCNc2ccc(N)c(CC#N)c2)CC1. The number of nitrogens with two attached hydrogens (primary N) is 1. The number of nitrogens with one attached hydrogen (secondary N) is 1. The van der Waals surface area contributed by atoms with Crippen LogP contribution in [0.15, 0.2) is 18.2 Å². The van der Waals surface area contributed by atoms with Gasteiger partial charge in [0.05, 0.1) is 12.5 Å². The van der Waals surface area contributed by atoms with E-state index >= 15 is 0 Å². The van der Waals surface area contributed by atoms with Gasteiger partial charge in [-0.2, -0.15) is 5.26 Å². The van der Waals surface area contributed by atoms with Gasteiger partial charge in [-0.25, -0.2) is 0 Å². The van der Waals surface area contributed by atoms with Gasteiger partial charge in [0.1, 0.15) is 0 Å². The summed E-state index contributed by atoms with van der Waals surface area (Å²) in [6.07, 6.45) is 7.15. The zero-order valence-corrected chi connectivity index (χ0v) is 12.4. The normalized spacial score (nSPS) is 22.2. The minimum atomic E-state index is 0.377. The van der Waals surface area contributed by atoms with E-state index in [9.17, 15) is 0 Å². The van der Waals surface area contributed by atoms with Crippen LogP contribution in [0.2, 0.25) is 0 Å². The van der Waals surface area contributed by atoms with Crippen LogP contribution >= 0.6 is 0 Å². The van der Waals surface area contributed by atoms with Gasteiger partial charge in [0.15, 0.2) is 0 Å². The summed E-state index contributed by atoms with van der Waals surface area (Å²) < 4.78 is 0. The summed E-state index contributed by atoms with van der Waals surface area (Å²) in [6, 6.07) is 8.04. The third-order valence-corrected chi connectivity index (χ3v) is 4.43. The van der Waals surface area contributed by atoms with Crippen molar-refractivity contribution in [3.8, 4) is 6.07 Å². The number of nitriles is 1. The van der Waals surface area contributed by atoms with Crippen molar-refractivity contribution in [2.45, 2.75) is 45.4 Å². The van der Waals surface area contributed by atoms with Crippen molar-refractivity contribution in [1.29, 1.82) is 5.26 Å². The van der Waals surface area contributed by atoms with Crippen LogP contribution < -0.4 is 11.1 Å². The summed E-state index contributed by atoms with van der Waals surface area (Å²) in [7, 11) is 0. The minimum absolute atomic E-state index is 0.377. The zero-order valence-electron chi connectivity index (χ0n) is 12.4. The second-order valence-electron chi connectivity index (χ2n) is 6.09. The van der Waals surface area contributed by atoms with Gasteiger partial charge in [-0.3, -0.25) is 0 Å². The molecule has 0 saturated heterocycles. The summed E-state index contributed by atoms with van der Waals surface area (Å²) in [5.74, 6) is 1.80. The first-order chi connectivity index (χ1) is 9.69. The van der Waals surface area contributed by atoms with Crippen molar-refractivity contribution in [1.82, 2.24) is 0 Å². The first-order valence-corrected chi connectivity index (χ1v) is 7.68. The summed E-state index contributed by atoms with van der Waals surface area (Å²) >= 11 is 0. The molecule has 0 aromatic heterocycles. The highest BCUT2D eigenvalue weighted by Gasteiger charge is 2.17. The fourth-order valence-corrected chi connectivity index (χ4v) is 2.99. The Kier molecular flexibility index (Phi) is 5.29. The van der Waals surface area contributed by atoms with Crippen LogP contribution in [0.4, 0.5) is 11.4 Å². The fraction of sp³-hybridized carbons (Fsp3) is 0.588. The number of hydrogen-bond acceptors (Lipinski definition) is 3. The van der Waals surface area contributed by atoms with Crippen LogP contribution in [0.3, 0.4) is 0 Å². The first kappa shape index (κ1) is 14.7. The maximum Gasteiger partial charge on any atom is 0.0670 e. The average Bonchev–Trinajstić information content (AvgIpc) is 2.45. The molecule has 0 atom stereocenters. The molecular formula is C17H25N3. The molecule has 0 unspecified atom stereocenters. The lowest BCUT2D eigenvalue weighted by atomic mass is 9.81. The standard InChI is InChI=1S/C17H25N3/c1-13-2-4-14(5-3-13)9-11-20-16-6-7-17(19)15(12-16)8-10-18/h6-7,12-14,20H,2-5,8-9,11,19H2,1H3. The van der Waals surface area contributed by atoms with Gasteiger partial charge in [-0.1, -0.05) is 32.6 Å². The maximum absolute atomic E-state index is 8.78. The molecule has 3 nitrogen and oxygen atoms in total. The summed E-state index contributed by atoms with van der Waals surface area (Å²) in [5, 5.41) is 12.2. The second-order valence-corrected chi connectivity index (χ2v) is 6.09. The lowest BCUT2D eigenvalue weighted by molar-refractivity contribution is 0.282. The van der Waals surface area contributed by atoms with Crippen molar-refractivity contribution >= 4 is 11.4 Å². The van der Waals surface area contributed by atoms with Crippen molar-refractivity contribution in [2.75, 3.05) is 17.6 Å². The Bertz CT molecular complexity index is 468. The van der Waals surface area contributed by atoms with Gasteiger partial charge in [0, 0.05) is 17.9 Å². The molecule has 1 aliphatic rings. The Labute approximate surface area is 122 Å². The highest BCUT2D eigenvalue weighted by Crippen LogP contribution is 2.30. The third kappa shape index (κ3) is 4.16. The molecule has 0 heterocycles. The highest BCUT2D eigenvalue weighted by molar-refractivity contribution is 5.57. The number of nitrogen functional groups attached to an aromatic ring is 1. The van der Waals surface area contributed by atoms with E-state index in [1.807, 2.05) is 18.2 Å². The monoisotopic (exact) mass is 271 g/mol. The van der Waals surface area contributed by atoms with Crippen molar-refractivity contribution in [3.63, 3.8) is 0 Å². The van der Waals surface area contributed by atoms with E-state index in [0.29, 0.717) is 12.1 Å². The van der Waals surface area contributed by atoms with Crippen LogP contribution in [0.1, 0.15) is 44.6 Å². The quantitative estimate of drug-likeness (QED) is 0.797. The number of nitrogens with zero attached hydrogens (tertiary/aromatic N) is 1. The highest BCUT2D eigenvalue weighted by atomic mass is 14.9. The predicted octanol–water partition coefficient (Wildman–Crippen LogP) is 3.96. The predicted molar refractivity (Wildman–Crippen MR) is 84.4 cm³/mol. The minimum Gasteiger partial charge on any atom is -0.398 e. The molecule has 0 spiro atoms. The van der Waals surface area contributed by atoms with E-state index in [4.69, 9.17) is 11.0 Å². The van der Waals surface area contributed by atoms with Crippen molar-refractivity contribution in [2.24, 2.45) is 11.8 Å². The van der Waals surface area contributed by atoms with E-state index in [1.54, 1.807) is 0 Å². The maximum atomic E-state index is 8.78. The second kappa shape index (κ2) is 7.19. The molecule has 0 radical (unpaired) electrons. The fourth-order valence-electron chi connectivity index (χ4n) is 2.99. The molecule has 0 bridgehead atoms. The van der Waals surface area contributed by atoms with Gasteiger partial charge in [0.2, 0.25) is 0 Å². The number of anilines is 2. The molecule has 1 aromatic rings. The van der Waals surface area contributed by atoms with E-state index in [0.717, 1.165) is 29.6 Å². The lowest BCUT2D eigenvalue weighted by Gasteiger charge is -2.26. The molecule has 0 aliphatic heterocycles. The van der Waals surface area contributed by atoms with Crippen LogP contribution in [-0.4, -0.2) is 6.54 Å². The Morgan fingerprint density at radius 2 is 2.05 bits per heavy atom. The van der Waals surface area contributed by atoms with E-state index < -0.39 is 0 Å².